The fourth-order valence-electron chi connectivity index (χ4n) is 2.32. The third kappa shape index (κ3) is 6.25. The van der Waals surface area contributed by atoms with Crippen molar-refractivity contribution in [3.05, 3.63) is 74.2 Å². The number of amides is 3. The Kier molecular flexibility index (Phi) is 7.44. The molecule has 0 atom stereocenters. The lowest BCUT2D eigenvalue weighted by atomic mass is 10.2. The van der Waals surface area contributed by atoms with Gasteiger partial charge < -0.3 is 10.1 Å². The van der Waals surface area contributed by atoms with E-state index < -0.39 is 23.7 Å². The lowest BCUT2D eigenvalue weighted by Crippen LogP contribution is -2.43. The zero-order valence-corrected chi connectivity index (χ0v) is 18.1. The SMILES string of the molecule is O=C(NNC(=O)c1sccc1OCc1ncc(C(F)(F)F)cc1Cl)Nc1ccc(Cl)cc1. The molecule has 168 valence electrons. The fraction of sp³-hybridized carbons (Fsp3) is 0.105. The summed E-state index contributed by atoms with van der Waals surface area (Å²) in [6, 6.07) is 7.87. The number of hydrogen-bond acceptors (Lipinski definition) is 5. The number of ether oxygens (including phenoxy) is 1. The van der Waals surface area contributed by atoms with Crippen LogP contribution in [-0.4, -0.2) is 16.9 Å². The maximum absolute atomic E-state index is 12.7. The van der Waals surface area contributed by atoms with E-state index in [-0.39, 0.29) is 28.0 Å². The van der Waals surface area contributed by atoms with Crippen LogP contribution in [0.4, 0.5) is 23.7 Å². The van der Waals surface area contributed by atoms with Crippen molar-refractivity contribution in [1.29, 1.82) is 0 Å². The Morgan fingerprint density at radius 1 is 1.09 bits per heavy atom. The summed E-state index contributed by atoms with van der Waals surface area (Å²) >= 11 is 12.7. The van der Waals surface area contributed by atoms with Crippen LogP contribution in [0.15, 0.2) is 48.0 Å². The van der Waals surface area contributed by atoms with Crippen LogP contribution in [0.3, 0.4) is 0 Å². The molecule has 3 rings (SSSR count). The van der Waals surface area contributed by atoms with Gasteiger partial charge in [0, 0.05) is 16.9 Å². The van der Waals surface area contributed by atoms with Crippen LogP contribution in [0.5, 0.6) is 5.75 Å². The molecule has 0 fully saturated rings. The van der Waals surface area contributed by atoms with E-state index >= 15 is 0 Å². The minimum Gasteiger partial charge on any atom is -0.486 e. The largest absolute Gasteiger partial charge is 0.486 e. The third-order valence-corrected chi connectivity index (χ3v) is 5.31. The highest BCUT2D eigenvalue weighted by atomic mass is 35.5. The molecule has 3 N–H and O–H groups in total. The highest BCUT2D eigenvalue weighted by Gasteiger charge is 2.31. The van der Waals surface area contributed by atoms with Gasteiger partial charge in [-0.15, -0.1) is 11.3 Å². The van der Waals surface area contributed by atoms with Gasteiger partial charge in [0.25, 0.3) is 5.91 Å². The molecule has 3 amide bonds. The summed E-state index contributed by atoms with van der Waals surface area (Å²) in [4.78, 5) is 28.1. The molecule has 0 saturated carbocycles. The Labute approximate surface area is 193 Å². The highest BCUT2D eigenvalue weighted by Crippen LogP contribution is 2.32. The summed E-state index contributed by atoms with van der Waals surface area (Å²) in [5, 5.41) is 4.35. The van der Waals surface area contributed by atoms with Crippen LogP contribution in [0.1, 0.15) is 20.9 Å². The maximum Gasteiger partial charge on any atom is 0.417 e. The molecule has 0 aliphatic heterocycles. The molecule has 32 heavy (non-hydrogen) atoms. The summed E-state index contributed by atoms with van der Waals surface area (Å²) in [6.45, 7) is -0.265. The molecule has 13 heteroatoms. The van der Waals surface area contributed by atoms with Gasteiger partial charge in [-0.05, 0) is 41.8 Å². The third-order valence-electron chi connectivity index (χ3n) is 3.84. The first kappa shape index (κ1) is 23.6. The Hall–Kier alpha value is -3.02. The van der Waals surface area contributed by atoms with E-state index in [2.05, 4.69) is 21.2 Å². The van der Waals surface area contributed by atoms with Crippen molar-refractivity contribution in [1.82, 2.24) is 15.8 Å². The normalized spacial score (nSPS) is 11.0. The predicted molar refractivity (Wildman–Crippen MR) is 114 cm³/mol. The fourth-order valence-corrected chi connectivity index (χ4v) is 3.39. The van der Waals surface area contributed by atoms with Crippen molar-refractivity contribution in [3.63, 3.8) is 0 Å². The number of urea groups is 1. The number of alkyl halides is 3. The highest BCUT2D eigenvalue weighted by molar-refractivity contribution is 7.12. The summed E-state index contributed by atoms with van der Waals surface area (Å²) < 4.78 is 43.6. The number of hydrazine groups is 1. The summed E-state index contributed by atoms with van der Waals surface area (Å²) in [5.74, 6) is -0.516. The van der Waals surface area contributed by atoms with Gasteiger partial charge in [0.15, 0.2) is 0 Å². The molecule has 0 radical (unpaired) electrons. The monoisotopic (exact) mass is 504 g/mol. The van der Waals surface area contributed by atoms with E-state index in [0.29, 0.717) is 16.9 Å². The number of carbonyl (C=O) groups excluding carboxylic acids is 2. The molecule has 2 aromatic heterocycles. The van der Waals surface area contributed by atoms with Crippen molar-refractivity contribution >= 4 is 52.2 Å². The van der Waals surface area contributed by atoms with Crippen molar-refractivity contribution in [2.24, 2.45) is 0 Å². The number of halogens is 5. The smallest absolute Gasteiger partial charge is 0.417 e. The van der Waals surface area contributed by atoms with E-state index in [1.54, 1.807) is 29.6 Å². The number of carbonyl (C=O) groups is 2. The average molecular weight is 505 g/mol. The van der Waals surface area contributed by atoms with E-state index in [9.17, 15) is 22.8 Å². The number of aromatic nitrogens is 1. The second-order valence-electron chi connectivity index (χ2n) is 6.09. The van der Waals surface area contributed by atoms with Gasteiger partial charge in [-0.3, -0.25) is 15.2 Å². The van der Waals surface area contributed by atoms with Gasteiger partial charge >= 0.3 is 12.2 Å². The molecule has 0 saturated heterocycles. The van der Waals surface area contributed by atoms with Crippen molar-refractivity contribution < 1.29 is 27.5 Å². The standard InChI is InChI=1S/C19H13Cl2F3N4O3S/c20-11-1-3-12(4-2-11)26-18(30)28-27-17(29)16-15(5-6-32-16)31-9-14-13(21)7-10(8-25-14)19(22,23)24/h1-8H,9H2,(H,27,29)(H2,26,28,30). The molecule has 0 bridgehead atoms. The first-order valence-corrected chi connectivity index (χ1v) is 10.3. The first-order valence-electron chi connectivity index (χ1n) is 8.68. The van der Waals surface area contributed by atoms with E-state index in [0.717, 1.165) is 17.4 Å². The maximum atomic E-state index is 12.7. The van der Waals surface area contributed by atoms with Crippen LogP contribution in [0.2, 0.25) is 10.0 Å². The Morgan fingerprint density at radius 2 is 1.81 bits per heavy atom. The average Bonchev–Trinajstić information content (AvgIpc) is 3.21. The van der Waals surface area contributed by atoms with Gasteiger partial charge in [0.05, 0.1) is 16.3 Å². The Balaban J connectivity index is 1.56. The summed E-state index contributed by atoms with van der Waals surface area (Å²) in [5.41, 5.74) is 3.97. The van der Waals surface area contributed by atoms with Crippen LogP contribution >= 0.6 is 34.5 Å². The molecule has 0 aliphatic rings. The van der Waals surface area contributed by atoms with E-state index in [4.69, 9.17) is 27.9 Å². The quantitative estimate of drug-likeness (QED) is 0.399. The van der Waals surface area contributed by atoms with Gasteiger partial charge in [-0.1, -0.05) is 23.2 Å². The predicted octanol–water partition coefficient (Wildman–Crippen LogP) is 5.51. The number of hydrogen-bond donors (Lipinski definition) is 3. The number of thiophene rings is 1. The summed E-state index contributed by atoms with van der Waals surface area (Å²) in [6.07, 6.45) is -3.92. The van der Waals surface area contributed by atoms with Gasteiger partial charge in [-0.25, -0.2) is 10.2 Å². The lowest BCUT2D eigenvalue weighted by Gasteiger charge is -2.11. The number of pyridine rings is 1. The van der Waals surface area contributed by atoms with E-state index in [1.165, 1.54) is 6.07 Å². The molecule has 2 heterocycles. The van der Waals surface area contributed by atoms with Crippen LogP contribution in [0.25, 0.3) is 0 Å². The number of anilines is 1. The molecule has 7 nitrogen and oxygen atoms in total. The molecule has 0 spiro atoms. The zero-order valence-electron chi connectivity index (χ0n) is 15.8. The number of nitrogens with zero attached hydrogens (tertiary/aromatic N) is 1. The topological polar surface area (TPSA) is 92.4 Å². The van der Waals surface area contributed by atoms with Crippen LogP contribution in [0, 0.1) is 0 Å². The van der Waals surface area contributed by atoms with E-state index in [1.807, 2.05) is 0 Å². The first-order chi connectivity index (χ1) is 15.1. The zero-order chi connectivity index (χ0) is 23.3. The number of rotatable bonds is 5. The number of nitrogens with one attached hydrogen (secondary N) is 3. The molecule has 0 unspecified atom stereocenters. The molecular formula is C19H13Cl2F3N4O3S. The Bertz CT molecular complexity index is 1120. The molecule has 1 aromatic carbocycles. The second kappa shape index (κ2) is 10.1. The molecular weight excluding hydrogens is 492 g/mol. The van der Waals surface area contributed by atoms with Crippen molar-refractivity contribution in [2.45, 2.75) is 12.8 Å². The van der Waals surface area contributed by atoms with Crippen LogP contribution in [-0.2, 0) is 12.8 Å². The van der Waals surface area contributed by atoms with Gasteiger partial charge in [-0.2, -0.15) is 13.2 Å². The molecule has 0 aliphatic carbocycles. The lowest BCUT2D eigenvalue weighted by molar-refractivity contribution is -0.137. The Morgan fingerprint density at radius 3 is 2.47 bits per heavy atom. The second-order valence-corrected chi connectivity index (χ2v) is 7.85. The minimum atomic E-state index is -4.57. The van der Waals surface area contributed by atoms with Crippen molar-refractivity contribution in [3.8, 4) is 5.75 Å². The minimum absolute atomic E-state index is 0.0673. The van der Waals surface area contributed by atoms with Crippen LogP contribution < -0.4 is 20.9 Å². The van der Waals surface area contributed by atoms with Gasteiger partial charge in [0.2, 0.25) is 0 Å². The number of benzene rings is 1. The summed E-state index contributed by atoms with van der Waals surface area (Å²) in [7, 11) is 0. The van der Waals surface area contributed by atoms with Gasteiger partial charge in [0.1, 0.15) is 17.2 Å². The molecule has 3 aromatic rings. The van der Waals surface area contributed by atoms with Crippen molar-refractivity contribution in [2.75, 3.05) is 5.32 Å².